The highest BCUT2D eigenvalue weighted by Gasteiger charge is 2.14. The quantitative estimate of drug-likeness (QED) is 0.0220. The molecule has 6 N–H and O–H groups in total. The fourth-order valence-electron chi connectivity index (χ4n) is 5.99. The first-order chi connectivity index (χ1) is 34.4. The van der Waals surface area contributed by atoms with Crippen LogP contribution in [0.3, 0.4) is 0 Å². The van der Waals surface area contributed by atoms with Crippen molar-refractivity contribution < 1.29 is 86.3 Å². The molecule has 0 aromatic carbocycles. The Hall–Kier alpha value is -5.88. The van der Waals surface area contributed by atoms with Crippen molar-refractivity contribution in [3.05, 3.63) is 0 Å². The van der Waals surface area contributed by atoms with Crippen LogP contribution < -0.4 is 32.4 Å². The first-order valence-electron chi connectivity index (χ1n) is 24.7. The molecule has 0 saturated carbocycles. The molecule has 0 aromatic heterocycles. The first kappa shape index (κ1) is 65.1. The van der Waals surface area contributed by atoms with E-state index in [4.69, 9.17) is 14.2 Å². The minimum Gasteiger partial charge on any atom is -0.378 e. The lowest BCUT2D eigenvalue weighted by molar-refractivity contribution is -0.158. The van der Waals surface area contributed by atoms with E-state index in [0.29, 0.717) is 70.6 Å². The molecule has 0 radical (unpaired) electrons. The number of hydrogen-bond donors (Lipinski definition) is 6. The second kappa shape index (κ2) is 47.8. The molecule has 71 heavy (non-hydrogen) atoms. The molecule has 404 valence electrons. The summed E-state index contributed by atoms with van der Waals surface area (Å²) in [4.78, 5) is 151. The third kappa shape index (κ3) is 46.3. The summed E-state index contributed by atoms with van der Waals surface area (Å²) in [5.74, 6) is -3.93. The summed E-state index contributed by atoms with van der Waals surface area (Å²) in [6, 6.07) is 0. The maximum absolute atomic E-state index is 12.5. The van der Waals surface area contributed by atoms with E-state index in [1.807, 2.05) is 16.4 Å². The molecule has 6 amide bonds. The Kier molecular flexibility index (Phi) is 43.8. The second-order valence-corrected chi connectivity index (χ2v) is 16.3. The summed E-state index contributed by atoms with van der Waals surface area (Å²) in [6.07, 6.45) is 12.1. The number of aldehydes is 3. The van der Waals surface area contributed by atoms with E-state index in [-0.39, 0.29) is 128 Å². The highest BCUT2D eigenvalue weighted by Crippen LogP contribution is 2.08. The summed E-state index contributed by atoms with van der Waals surface area (Å²) in [5.41, 5.74) is 6.03. The van der Waals surface area contributed by atoms with E-state index < -0.39 is 41.7 Å². The third-order valence-corrected chi connectivity index (χ3v) is 9.93. The molecule has 0 fully saturated rings. The zero-order valence-corrected chi connectivity index (χ0v) is 41.2. The molecule has 0 rings (SSSR count). The van der Waals surface area contributed by atoms with Crippen molar-refractivity contribution in [1.29, 1.82) is 0 Å². The molecule has 24 heteroatoms. The van der Waals surface area contributed by atoms with Crippen LogP contribution in [0.25, 0.3) is 0 Å². The Morgan fingerprint density at radius 2 is 0.634 bits per heavy atom. The Balaban J connectivity index is 4.48. The van der Waals surface area contributed by atoms with Gasteiger partial charge in [0.05, 0.1) is 33.0 Å². The van der Waals surface area contributed by atoms with Crippen LogP contribution in [0.1, 0.15) is 167 Å². The largest absolute Gasteiger partial charge is 0.378 e. The first-order valence-corrected chi connectivity index (χ1v) is 24.7. The lowest BCUT2D eigenvalue weighted by Crippen LogP contribution is -2.31. The van der Waals surface area contributed by atoms with E-state index in [9.17, 15) is 57.5 Å². The molecule has 0 aromatic rings. The highest BCUT2D eigenvalue weighted by molar-refractivity contribution is 5.81. The number of hydrogen-bond acceptors (Lipinski definition) is 18. The van der Waals surface area contributed by atoms with Gasteiger partial charge in [0, 0.05) is 96.7 Å². The predicted octanol–water partition coefficient (Wildman–Crippen LogP) is 2.22. The number of carbonyl (C=O) groups is 12. The molecule has 0 aliphatic heterocycles. The maximum atomic E-state index is 12.5. The lowest BCUT2D eigenvalue weighted by atomic mass is 10.1. The number of hydroxylamine groups is 3. The van der Waals surface area contributed by atoms with Crippen molar-refractivity contribution in [3.63, 3.8) is 0 Å². The Labute approximate surface area is 415 Å². The second-order valence-electron chi connectivity index (χ2n) is 16.3. The van der Waals surface area contributed by atoms with E-state index in [0.717, 1.165) is 57.8 Å². The average Bonchev–Trinajstić information content (AvgIpc) is 3.35. The molecule has 0 aliphatic rings. The molecule has 1 unspecified atom stereocenters. The summed E-state index contributed by atoms with van der Waals surface area (Å²) in [7, 11) is 0. The van der Waals surface area contributed by atoms with Gasteiger partial charge in [0.15, 0.2) is 0 Å². The van der Waals surface area contributed by atoms with Gasteiger partial charge in [0.25, 0.3) is 17.7 Å². The van der Waals surface area contributed by atoms with Crippen molar-refractivity contribution in [2.75, 3.05) is 52.7 Å². The van der Waals surface area contributed by atoms with Crippen molar-refractivity contribution in [2.45, 2.75) is 173 Å². The Morgan fingerprint density at radius 1 is 0.338 bits per heavy atom. The number of rotatable bonds is 46. The van der Waals surface area contributed by atoms with E-state index in [1.54, 1.807) is 0 Å². The van der Waals surface area contributed by atoms with Crippen LogP contribution in [0.15, 0.2) is 0 Å². The van der Waals surface area contributed by atoms with Gasteiger partial charge in [-0.3, -0.25) is 28.8 Å². The predicted molar refractivity (Wildman–Crippen MR) is 251 cm³/mol. The van der Waals surface area contributed by atoms with Gasteiger partial charge < -0.3 is 59.1 Å². The number of ether oxygens (including phenoxy) is 3. The Morgan fingerprint density at radius 3 is 0.958 bits per heavy atom. The van der Waals surface area contributed by atoms with Gasteiger partial charge in [-0.2, -0.15) is 16.4 Å². The summed E-state index contributed by atoms with van der Waals surface area (Å²) < 4.78 is 17.3. The van der Waals surface area contributed by atoms with Gasteiger partial charge in [-0.15, -0.1) is 0 Å². The van der Waals surface area contributed by atoms with Crippen LogP contribution in [-0.2, 0) is 86.3 Å². The van der Waals surface area contributed by atoms with Gasteiger partial charge in [-0.05, 0) is 38.5 Å². The summed E-state index contributed by atoms with van der Waals surface area (Å²) in [5, 5.41) is 8.52. The molecule has 24 nitrogen and oxygen atoms in total. The molecule has 1 atom stereocenters. The number of unbranched alkanes of at least 4 members (excludes halogenated alkanes) is 11. The van der Waals surface area contributed by atoms with Crippen molar-refractivity contribution in [3.8, 4) is 0 Å². The van der Waals surface area contributed by atoms with Crippen molar-refractivity contribution >= 4 is 72.2 Å². The van der Waals surface area contributed by atoms with Crippen LogP contribution in [0, 0.1) is 0 Å². The molecular weight excluding hydrogens is 937 g/mol. The van der Waals surface area contributed by atoms with E-state index in [1.165, 1.54) is 0 Å². The SMILES string of the molecule is O=CCCC(=O)NOC(=O)CCCCCCCNC(=O)CCOCC(COCCC(=O)NCCCCCCC(=O)ONC(=O)CCC=O)OCCC(=O)NCCCCCCCC(=O)ONC(=O)CCC=O. The van der Waals surface area contributed by atoms with Gasteiger partial charge in [0.1, 0.15) is 25.0 Å². The minimum atomic E-state index is -0.588. The molecule has 0 bridgehead atoms. The van der Waals surface area contributed by atoms with Gasteiger partial charge in [-0.25, -0.2) is 14.4 Å². The van der Waals surface area contributed by atoms with Crippen LogP contribution in [-0.4, -0.2) is 131 Å². The summed E-state index contributed by atoms with van der Waals surface area (Å²) in [6.45, 7) is 1.80. The molecule has 0 heterocycles. The lowest BCUT2D eigenvalue weighted by Gasteiger charge is -2.18. The average molecular weight is 1020 g/mol. The standard InChI is InChI=1S/C47H78N6O18/c54-30-15-18-42(60)51-69-45(63)21-9-3-1-6-12-27-48-39(57)24-33-66-36-38(37-67-34-25-40(58)49-29-14-8-5-11-23-47(65)71-53-44(62)20-17-32-56)68-35-26-41(59)50-28-13-7-2-4-10-22-46(64)70-52-43(61)19-16-31-55/h30-32,38H,1-29,33-37H2,(H,48,57)(H,49,58)(H,50,59)(H,51,60)(H,52,61)(H,53,62). The Bertz CT molecular complexity index is 1570. The molecule has 0 aliphatic carbocycles. The topological polar surface area (TPSA) is 332 Å². The fourth-order valence-corrected chi connectivity index (χ4v) is 5.99. The normalized spacial score (nSPS) is 11.0. The van der Waals surface area contributed by atoms with Gasteiger partial charge >= 0.3 is 17.9 Å². The molecular formula is C47H78N6O18. The number of carbonyl (C=O) groups excluding carboxylic acids is 12. The van der Waals surface area contributed by atoms with Crippen LogP contribution in [0.4, 0.5) is 0 Å². The van der Waals surface area contributed by atoms with Gasteiger partial charge in [-0.1, -0.05) is 51.4 Å². The van der Waals surface area contributed by atoms with E-state index in [2.05, 4.69) is 30.5 Å². The number of nitrogens with one attached hydrogen (secondary N) is 6. The monoisotopic (exact) mass is 1010 g/mol. The van der Waals surface area contributed by atoms with E-state index >= 15 is 0 Å². The molecule has 0 spiro atoms. The zero-order valence-electron chi connectivity index (χ0n) is 41.2. The van der Waals surface area contributed by atoms with Crippen LogP contribution in [0.2, 0.25) is 0 Å². The van der Waals surface area contributed by atoms with Gasteiger partial charge in [0.2, 0.25) is 17.7 Å². The third-order valence-electron chi connectivity index (χ3n) is 9.93. The fraction of sp³-hybridized carbons (Fsp3) is 0.745. The van der Waals surface area contributed by atoms with Crippen LogP contribution in [0.5, 0.6) is 0 Å². The number of amides is 6. The molecule has 0 saturated heterocycles. The highest BCUT2D eigenvalue weighted by atomic mass is 16.7. The maximum Gasteiger partial charge on any atom is 0.332 e. The zero-order chi connectivity index (χ0) is 52.4. The minimum absolute atomic E-state index is 0.0411. The van der Waals surface area contributed by atoms with Crippen LogP contribution >= 0.6 is 0 Å². The van der Waals surface area contributed by atoms with Crippen molar-refractivity contribution in [2.24, 2.45) is 0 Å². The smallest absolute Gasteiger partial charge is 0.332 e. The van der Waals surface area contributed by atoms with Crippen molar-refractivity contribution in [1.82, 2.24) is 32.4 Å². The summed E-state index contributed by atoms with van der Waals surface area (Å²) >= 11 is 0.